The second kappa shape index (κ2) is 8.90. The SMILES string of the molecule is CCCCOC(=O)c1ccc(C(=O)OC(CBr)C(F)(F)F)cc1. The third kappa shape index (κ3) is 6.21. The minimum absolute atomic E-state index is 0.0784. The fourth-order valence-corrected chi connectivity index (χ4v) is 2.02. The Morgan fingerprint density at radius 2 is 1.65 bits per heavy atom. The Kier molecular flexibility index (Phi) is 7.54. The zero-order valence-corrected chi connectivity index (χ0v) is 13.9. The van der Waals surface area contributed by atoms with Gasteiger partial charge in [0.25, 0.3) is 0 Å². The third-order valence-electron chi connectivity index (χ3n) is 2.84. The lowest BCUT2D eigenvalue weighted by Gasteiger charge is -2.18. The highest BCUT2D eigenvalue weighted by molar-refractivity contribution is 9.09. The summed E-state index contributed by atoms with van der Waals surface area (Å²) in [6, 6.07) is 5.06. The topological polar surface area (TPSA) is 52.6 Å². The average molecular weight is 397 g/mol. The molecule has 0 saturated heterocycles. The maximum atomic E-state index is 12.5. The van der Waals surface area contributed by atoms with Crippen LogP contribution in [0.1, 0.15) is 40.5 Å². The van der Waals surface area contributed by atoms with Crippen LogP contribution >= 0.6 is 15.9 Å². The van der Waals surface area contributed by atoms with E-state index in [9.17, 15) is 22.8 Å². The van der Waals surface area contributed by atoms with Crippen LogP contribution in [0.3, 0.4) is 0 Å². The zero-order chi connectivity index (χ0) is 17.5. The standard InChI is InChI=1S/C15H16BrF3O4/c1-2-3-8-22-13(20)10-4-6-11(7-5-10)14(21)23-12(9-16)15(17,18)19/h4-7,12H,2-3,8-9H2,1H3. The smallest absolute Gasteiger partial charge is 0.426 e. The summed E-state index contributed by atoms with van der Waals surface area (Å²) in [7, 11) is 0. The van der Waals surface area contributed by atoms with Crippen molar-refractivity contribution in [3.63, 3.8) is 0 Å². The molecule has 0 aromatic heterocycles. The van der Waals surface area contributed by atoms with Crippen molar-refractivity contribution >= 4 is 27.9 Å². The summed E-state index contributed by atoms with van der Waals surface area (Å²) in [5.41, 5.74) is 0.135. The summed E-state index contributed by atoms with van der Waals surface area (Å²) >= 11 is 2.65. The van der Waals surface area contributed by atoms with E-state index in [1.807, 2.05) is 6.92 Å². The van der Waals surface area contributed by atoms with Gasteiger partial charge in [0.2, 0.25) is 6.10 Å². The molecule has 1 aromatic rings. The Balaban J connectivity index is 2.68. The van der Waals surface area contributed by atoms with Crippen molar-refractivity contribution in [2.45, 2.75) is 32.0 Å². The van der Waals surface area contributed by atoms with Crippen molar-refractivity contribution in [1.29, 1.82) is 0 Å². The molecule has 23 heavy (non-hydrogen) atoms. The summed E-state index contributed by atoms with van der Waals surface area (Å²) in [6.07, 6.45) is -5.26. The van der Waals surface area contributed by atoms with Gasteiger partial charge in [-0.15, -0.1) is 0 Å². The van der Waals surface area contributed by atoms with Gasteiger partial charge in [-0.2, -0.15) is 13.2 Å². The average Bonchev–Trinajstić information content (AvgIpc) is 2.51. The summed E-state index contributed by atoms with van der Waals surface area (Å²) in [4.78, 5) is 23.4. The van der Waals surface area contributed by atoms with Gasteiger partial charge < -0.3 is 9.47 Å². The molecule has 0 fully saturated rings. The van der Waals surface area contributed by atoms with E-state index in [0.717, 1.165) is 12.8 Å². The molecule has 0 amide bonds. The second-order valence-electron chi connectivity index (χ2n) is 4.66. The molecule has 0 heterocycles. The van der Waals surface area contributed by atoms with E-state index in [1.54, 1.807) is 0 Å². The number of ether oxygens (including phenoxy) is 2. The highest BCUT2D eigenvalue weighted by atomic mass is 79.9. The molecule has 0 bridgehead atoms. The first kappa shape index (κ1) is 19.5. The molecule has 8 heteroatoms. The van der Waals surface area contributed by atoms with E-state index < -0.39 is 29.5 Å². The summed E-state index contributed by atoms with van der Waals surface area (Å²) in [6.45, 7) is 2.24. The van der Waals surface area contributed by atoms with E-state index in [4.69, 9.17) is 4.74 Å². The number of rotatable bonds is 7. The lowest BCUT2D eigenvalue weighted by Crippen LogP contribution is -2.35. The highest BCUT2D eigenvalue weighted by Crippen LogP contribution is 2.25. The predicted molar refractivity (Wildman–Crippen MR) is 80.7 cm³/mol. The van der Waals surface area contributed by atoms with Crippen LogP contribution < -0.4 is 0 Å². The number of hydrogen-bond acceptors (Lipinski definition) is 4. The first-order chi connectivity index (χ1) is 10.8. The lowest BCUT2D eigenvalue weighted by atomic mass is 10.1. The van der Waals surface area contributed by atoms with Crippen LogP contribution in [0, 0.1) is 0 Å². The highest BCUT2D eigenvalue weighted by Gasteiger charge is 2.42. The molecule has 0 aliphatic rings. The second-order valence-corrected chi connectivity index (χ2v) is 5.30. The van der Waals surface area contributed by atoms with Crippen molar-refractivity contribution in [1.82, 2.24) is 0 Å². The number of esters is 2. The van der Waals surface area contributed by atoms with Crippen molar-refractivity contribution < 1.29 is 32.2 Å². The predicted octanol–water partition coefficient (Wildman–Crippen LogP) is 4.13. The van der Waals surface area contributed by atoms with E-state index in [2.05, 4.69) is 20.7 Å². The first-order valence-electron chi connectivity index (χ1n) is 6.90. The quantitative estimate of drug-likeness (QED) is 0.395. The monoisotopic (exact) mass is 396 g/mol. The Morgan fingerprint density at radius 3 is 2.09 bits per heavy atom. The Bertz CT molecular complexity index is 529. The Labute approximate surface area is 140 Å². The molecule has 1 atom stereocenters. The van der Waals surface area contributed by atoms with Crippen LogP contribution in [-0.2, 0) is 9.47 Å². The summed E-state index contributed by atoms with van der Waals surface area (Å²) in [5, 5.41) is -0.552. The molecule has 128 valence electrons. The molecule has 0 aliphatic heterocycles. The molecule has 0 saturated carbocycles. The van der Waals surface area contributed by atoms with Crippen molar-refractivity contribution in [2.24, 2.45) is 0 Å². The summed E-state index contributed by atoms with van der Waals surface area (Å²) < 4.78 is 47.0. The van der Waals surface area contributed by atoms with E-state index in [1.165, 1.54) is 24.3 Å². The van der Waals surface area contributed by atoms with E-state index in [0.29, 0.717) is 0 Å². The molecular weight excluding hydrogens is 381 g/mol. The first-order valence-corrected chi connectivity index (χ1v) is 8.02. The number of carbonyl (C=O) groups excluding carboxylic acids is 2. The van der Waals surface area contributed by atoms with Gasteiger partial charge in [-0.1, -0.05) is 29.3 Å². The molecule has 1 rings (SSSR count). The van der Waals surface area contributed by atoms with Gasteiger partial charge in [-0.25, -0.2) is 9.59 Å². The van der Waals surface area contributed by atoms with Gasteiger partial charge in [-0.05, 0) is 30.7 Å². The molecule has 1 aromatic carbocycles. The number of carbonyl (C=O) groups is 2. The van der Waals surface area contributed by atoms with Crippen molar-refractivity contribution in [3.05, 3.63) is 35.4 Å². The van der Waals surface area contributed by atoms with Gasteiger partial charge in [-0.3, -0.25) is 0 Å². The van der Waals surface area contributed by atoms with Gasteiger partial charge in [0.15, 0.2) is 0 Å². The van der Waals surface area contributed by atoms with Crippen LogP contribution in [-0.4, -0.2) is 36.2 Å². The van der Waals surface area contributed by atoms with Gasteiger partial charge in [0.1, 0.15) is 0 Å². The number of halogens is 4. The molecule has 0 spiro atoms. The molecular formula is C15H16BrF3O4. The Morgan fingerprint density at radius 1 is 1.13 bits per heavy atom. The minimum atomic E-state index is -4.65. The number of unbranched alkanes of at least 4 members (excludes halogenated alkanes) is 1. The maximum Gasteiger partial charge on any atom is 0.426 e. The van der Waals surface area contributed by atoms with Crippen molar-refractivity contribution in [2.75, 3.05) is 11.9 Å². The van der Waals surface area contributed by atoms with Crippen LogP contribution in [0.5, 0.6) is 0 Å². The molecule has 0 aliphatic carbocycles. The van der Waals surface area contributed by atoms with Gasteiger partial charge >= 0.3 is 18.1 Å². The van der Waals surface area contributed by atoms with Crippen molar-refractivity contribution in [3.8, 4) is 0 Å². The maximum absolute atomic E-state index is 12.5. The number of benzene rings is 1. The lowest BCUT2D eigenvalue weighted by molar-refractivity contribution is -0.196. The van der Waals surface area contributed by atoms with Crippen LogP contribution in [0.25, 0.3) is 0 Å². The minimum Gasteiger partial charge on any atom is -0.462 e. The third-order valence-corrected chi connectivity index (χ3v) is 3.43. The van der Waals surface area contributed by atoms with E-state index in [-0.39, 0.29) is 17.7 Å². The molecule has 0 N–H and O–H groups in total. The molecule has 1 unspecified atom stereocenters. The van der Waals surface area contributed by atoms with Crippen LogP contribution in [0.2, 0.25) is 0 Å². The fraction of sp³-hybridized carbons (Fsp3) is 0.467. The molecule has 0 radical (unpaired) electrons. The number of hydrogen-bond donors (Lipinski definition) is 0. The zero-order valence-electron chi connectivity index (χ0n) is 12.4. The van der Waals surface area contributed by atoms with Gasteiger partial charge in [0, 0.05) is 5.33 Å². The van der Waals surface area contributed by atoms with Crippen LogP contribution in [0.4, 0.5) is 13.2 Å². The largest absolute Gasteiger partial charge is 0.462 e. The van der Waals surface area contributed by atoms with Gasteiger partial charge in [0.05, 0.1) is 17.7 Å². The van der Waals surface area contributed by atoms with E-state index >= 15 is 0 Å². The Hall–Kier alpha value is -1.57. The van der Waals surface area contributed by atoms with Crippen LogP contribution in [0.15, 0.2) is 24.3 Å². The molecule has 4 nitrogen and oxygen atoms in total. The normalized spacial score (nSPS) is 12.6. The number of alkyl halides is 4. The fourth-order valence-electron chi connectivity index (χ4n) is 1.52. The summed E-state index contributed by atoms with van der Waals surface area (Å²) in [5.74, 6) is -1.66.